The Kier molecular flexibility index (Phi) is 7.33. The Balaban J connectivity index is 0.00000243. The fourth-order valence-corrected chi connectivity index (χ4v) is 5.26. The van der Waals surface area contributed by atoms with Crippen LogP contribution in [0.3, 0.4) is 0 Å². The van der Waals surface area contributed by atoms with Crippen LogP contribution in [0.2, 0.25) is 5.02 Å². The van der Waals surface area contributed by atoms with Crippen molar-refractivity contribution < 1.29 is 13.2 Å². The van der Waals surface area contributed by atoms with E-state index in [9.17, 15) is 13.2 Å². The van der Waals surface area contributed by atoms with Gasteiger partial charge in [-0.25, -0.2) is 8.42 Å². The van der Waals surface area contributed by atoms with Gasteiger partial charge in [0.2, 0.25) is 15.9 Å². The third-order valence-electron chi connectivity index (χ3n) is 4.96. The van der Waals surface area contributed by atoms with Gasteiger partial charge in [-0.15, -0.1) is 12.4 Å². The summed E-state index contributed by atoms with van der Waals surface area (Å²) in [5, 5.41) is 3.75. The van der Waals surface area contributed by atoms with Crippen LogP contribution in [0.5, 0.6) is 0 Å². The maximum Gasteiger partial charge on any atom is 0.243 e. The monoisotopic (exact) mass is 421 g/mol. The van der Waals surface area contributed by atoms with Crippen molar-refractivity contribution in [1.29, 1.82) is 0 Å². The van der Waals surface area contributed by atoms with Crippen molar-refractivity contribution in [3.8, 4) is 0 Å². The molecule has 2 atom stereocenters. The summed E-state index contributed by atoms with van der Waals surface area (Å²) in [6.07, 6.45) is 1.70. The van der Waals surface area contributed by atoms with Crippen LogP contribution in [-0.4, -0.2) is 62.3 Å². The van der Waals surface area contributed by atoms with Crippen LogP contribution < -0.4 is 5.32 Å². The molecule has 2 heterocycles. The van der Waals surface area contributed by atoms with Crippen molar-refractivity contribution in [1.82, 2.24) is 14.5 Å². The fraction of sp³-hybridized carbons (Fsp3) is 0.588. The molecule has 3 rings (SSSR count). The summed E-state index contributed by atoms with van der Waals surface area (Å²) in [5.41, 5.74) is 0. The first kappa shape index (κ1) is 21.4. The average molecular weight is 422 g/mol. The molecule has 6 nitrogen and oxygen atoms in total. The summed E-state index contributed by atoms with van der Waals surface area (Å²) in [6, 6.07) is 6.65. The lowest BCUT2D eigenvalue weighted by Crippen LogP contribution is -2.53. The predicted molar refractivity (Wildman–Crippen MR) is 104 cm³/mol. The lowest BCUT2D eigenvalue weighted by molar-refractivity contribution is -0.137. The van der Waals surface area contributed by atoms with Crippen LogP contribution in [0, 0.1) is 5.92 Å². The molecule has 1 aromatic carbocycles. The second-order valence-electron chi connectivity index (χ2n) is 6.76. The standard InChI is InChI=1S/C17H24ClN3O3S.ClH/c1-13-11-14(5-6-19-13)17(22)20-7-9-21(10-8-20)25(23,24)16-4-2-3-15(18)12-16;/h2-4,12-14,19H,5-11H2,1H3;1H/t13-,14-;/m0./s1. The van der Waals surface area contributed by atoms with Crippen LogP contribution in [0.15, 0.2) is 29.2 Å². The Bertz CT molecular complexity index is 737. The number of piperidine rings is 1. The van der Waals surface area contributed by atoms with Gasteiger partial charge in [0.15, 0.2) is 0 Å². The molecule has 0 saturated carbocycles. The van der Waals surface area contributed by atoms with Crippen molar-refractivity contribution in [3.05, 3.63) is 29.3 Å². The van der Waals surface area contributed by atoms with E-state index in [-0.39, 0.29) is 29.1 Å². The second kappa shape index (κ2) is 8.89. The van der Waals surface area contributed by atoms with E-state index in [1.54, 1.807) is 18.2 Å². The number of rotatable bonds is 3. The first-order valence-corrected chi connectivity index (χ1v) is 10.5. The average Bonchev–Trinajstić information content (AvgIpc) is 2.61. The molecule has 2 aliphatic rings. The van der Waals surface area contributed by atoms with Crippen molar-refractivity contribution in [2.45, 2.75) is 30.7 Å². The van der Waals surface area contributed by atoms with Gasteiger partial charge < -0.3 is 10.2 Å². The van der Waals surface area contributed by atoms with Crippen LogP contribution in [0.25, 0.3) is 0 Å². The van der Waals surface area contributed by atoms with Crippen molar-refractivity contribution in [3.63, 3.8) is 0 Å². The van der Waals surface area contributed by atoms with Gasteiger partial charge in [0.1, 0.15) is 0 Å². The molecular weight excluding hydrogens is 397 g/mol. The van der Waals surface area contributed by atoms with Crippen LogP contribution in [-0.2, 0) is 14.8 Å². The molecule has 26 heavy (non-hydrogen) atoms. The number of carbonyl (C=O) groups excluding carboxylic acids is 1. The zero-order valence-electron chi connectivity index (χ0n) is 14.7. The van der Waals surface area contributed by atoms with Gasteiger partial charge in [-0.05, 0) is 44.5 Å². The molecule has 1 amide bonds. The van der Waals surface area contributed by atoms with E-state index in [1.807, 2.05) is 4.90 Å². The number of benzene rings is 1. The van der Waals surface area contributed by atoms with E-state index < -0.39 is 10.0 Å². The first-order chi connectivity index (χ1) is 11.9. The van der Waals surface area contributed by atoms with E-state index in [0.717, 1.165) is 19.4 Å². The SMILES string of the molecule is C[C@H]1C[C@@H](C(=O)N2CCN(S(=O)(=O)c3cccc(Cl)c3)CC2)CCN1.Cl. The summed E-state index contributed by atoms with van der Waals surface area (Å²) in [6.45, 7) is 4.48. The van der Waals surface area contributed by atoms with E-state index in [2.05, 4.69) is 12.2 Å². The topological polar surface area (TPSA) is 69.7 Å². The van der Waals surface area contributed by atoms with Gasteiger partial charge in [-0.1, -0.05) is 17.7 Å². The Morgan fingerprint density at radius 2 is 1.92 bits per heavy atom. The first-order valence-electron chi connectivity index (χ1n) is 8.66. The summed E-state index contributed by atoms with van der Waals surface area (Å²) in [7, 11) is -3.57. The molecule has 0 unspecified atom stereocenters. The Hall–Kier alpha value is -0.860. The summed E-state index contributed by atoms with van der Waals surface area (Å²) < 4.78 is 26.9. The van der Waals surface area contributed by atoms with Gasteiger partial charge in [0.25, 0.3) is 0 Å². The van der Waals surface area contributed by atoms with Gasteiger partial charge >= 0.3 is 0 Å². The molecule has 1 aromatic rings. The second-order valence-corrected chi connectivity index (χ2v) is 9.14. The maximum atomic E-state index is 12.7. The lowest BCUT2D eigenvalue weighted by atomic mass is 9.92. The lowest BCUT2D eigenvalue weighted by Gasteiger charge is -2.37. The number of hydrogen-bond acceptors (Lipinski definition) is 4. The number of amides is 1. The maximum absolute atomic E-state index is 12.7. The fourth-order valence-electron chi connectivity index (χ4n) is 3.54. The van der Waals surface area contributed by atoms with E-state index in [4.69, 9.17) is 11.6 Å². The largest absolute Gasteiger partial charge is 0.340 e. The van der Waals surface area contributed by atoms with Gasteiger partial charge in [-0.3, -0.25) is 4.79 Å². The molecule has 0 aliphatic carbocycles. The minimum absolute atomic E-state index is 0. The molecule has 0 aromatic heterocycles. The van der Waals surface area contributed by atoms with Gasteiger partial charge in [0.05, 0.1) is 4.90 Å². The van der Waals surface area contributed by atoms with Crippen LogP contribution >= 0.6 is 24.0 Å². The van der Waals surface area contributed by atoms with E-state index in [1.165, 1.54) is 10.4 Å². The smallest absolute Gasteiger partial charge is 0.243 e. The molecule has 146 valence electrons. The summed E-state index contributed by atoms with van der Waals surface area (Å²) in [4.78, 5) is 14.7. The molecule has 0 bridgehead atoms. The Morgan fingerprint density at radius 3 is 2.54 bits per heavy atom. The highest BCUT2D eigenvalue weighted by atomic mass is 35.5. The number of halogens is 2. The Morgan fingerprint density at radius 1 is 1.23 bits per heavy atom. The van der Waals surface area contributed by atoms with Crippen molar-refractivity contribution in [2.24, 2.45) is 5.92 Å². The number of sulfonamides is 1. The van der Waals surface area contributed by atoms with E-state index in [0.29, 0.717) is 37.2 Å². The molecule has 9 heteroatoms. The third kappa shape index (κ3) is 4.70. The highest BCUT2D eigenvalue weighted by molar-refractivity contribution is 7.89. The van der Waals surface area contributed by atoms with Gasteiger partial charge in [0, 0.05) is 43.2 Å². The molecular formula is C17H25Cl2N3O3S. The third-order valence-corrected chi connectivity index (χ3v) is 7.09. The summed E-state index contributed by atoms with van der Waals surface area (Å²) in [5.74, 6) is 0.209. The number of nitrogens with one attached hydrogen (secondary N) is 1. The Labute approximate surface area is 166 Å². The number of nitrogens with zero attached hydrogens (tertiary/aromatic N) is 2. The highest BCUT2D eigenvalue weighted by Gasteiger charge is 2.33. The minimum Gasteiger partial charge on any atom is -0.340 e. The quantitative estimate of drug-likeness (QED) is 0.809. The zero-order chi connectivity index (χ0) is 18.0. The normalized spacial score (nSPS) is 24.8. The van der Waals surface area contributed by atoms with E-state index >= 15 is 0 Å². The number of hydrogen-bond donors (Lipinski definition) is 1. The predicted octanol–water partition coefficient (Wildman–Crippen LogP) is 1.98. The van der Waals surface area contributed by atoms with Crippen LogP contribution in [0.1, 0.15) is 19.8 Å². The molecule has 0 radical (unpaired) electrons. The number of piperazine rings is 1. The molecule has 2 saturated heterocycles. The van der Waals surface area contributed by atoms with Crippen molar-refractivity contribution >= 4 is 39.9 Å². The molecule has 2 fully saturated rings. The van der Waals surface area contributed by atoms with Crippen molar-refractivity contribution in [2.75, 3.05) is 32.7 Å². The van der Waals surface area contributed by atoms with Crippen LogP contribution in [0.4, 0.5) is 0 Å². The summed E-state index contributed by atoms with van der Waals surface area (Å²) >= 11 is 5.91. The molecule has 0 spiro atoms. The number of carbonyl (C=O) groups is 1. The highest BCUT2D eigenvalue weighted by Crippen LogP contribution is 2.23. The van der Waals surface area contributed by atoms with Gasteiger partial charge in [-0.2, -0.15) is 4.31 Å². The molecule has 1 N–H and O–H groups in total. The zero-order valence-corrected chi connectivity index (χ0v) is 17.1. The minimum atomic E-state index is -3.57. The molecule has 2 aliphatic heterocycles.